The van der Waals surface area contributed by atoms with E-state index in [0.717, 1.165) is 15.6 Å². The molecule has 2 rings (SSSR count). The van der Waals surface area contributed by atoms with Crippen LogP contribution in [0, 0.1) is 13.8 Å². The summed E-state index contributed by atoms with van der Waals surface area (Å²) < 4.78 is 5.69. The Hall–Kier alpha value is -1.79. The molecule has 7 heteroatoms. The first-order valence-corrected chi connectivity index (χ1v) is 7.04. The molecule has 0 aliphatic carbocycles. The highest BCUT2D eigenvalue weighted by Crippen LogP contribution is 2.27. The van der Waals surface area contributed by atoms with Crippen LogP contribution in [-0.4, -0.2) is 16.0 Å². The predicted molar refractivity (Wildman–Crippen MR) is 79.9 cm³/mol. The molecule has 0 spiro atoms. The molecule has 0 atom stereocenters. The van der Waals surface area contributed by atoms with Gasteiger partial charge in [0.05, 0.1) is 16.3 Å². The summed E-state index contributed by atoms with van der Waals surface area (Å²) in [4.78, 5) is 5.55. The lowest BCUT2D eigenvalue weighted by Crippen LogP contribution is -2.15. The van der Waals surface area contributed by atoms with Gasteiger partial charge in [-0.3, -0.25) is 0 Å². The van der Waals surface area contributed by atoms with Gasteiger partial charge in [-0.15, -0.1) is 11.3 Å². The van der Waals surface area contributed by atoms with Gasteiger partial charge in [-0.25, -0.2) is 4.98 Å². The Kier molecular flexibility index (Phi) is 4.46. The second-order valence-electron chi connectivity index (χ2n) is 4.14. The van der Waals surface area contributed by atoms with Crippen molar-refractivity contribution in [3.8, 4) is 5.75 Å². The normalized spacial score (nSPS) is 11.7. The fourth-order valence-corrected chi connectivity index (χ4v) is 2.77. The second-order valence-corrected chi connectivity index (χ2v) is 5.83. The van der Waals surface area contributed by atoms with E-state index in [1.54, 1.807) is 29.5 Å². The highest BCUT2D eigenvalue weighted by Gasteiger charge is 2.14. The summed E-state index contributed by atoms with van der Waals surface area (Å²) in [6.07, 6.45) is 0. The van der Waals surface area contributed by atoms with Crippen molar-refractivity contribution in [2.75, 3.05) is 0 Å². The van der Waals surface area contributed by atoms with Crippen molar-refractivity contribution >= 4 is 28.8 Å². The summed E-state index contributed by atoms with van der Waals surface area (Å²) in [7, 11) is 0. The van der Waals surface area contributed by atoms with Gasteiger partial charge in [-0.05, 0) is 26.0 Å². The van der Waals surface area contributed by atoms with Crippen molar-refractivity contribution in [1.82, 2.24) is 4.98 Å². The number of hydrogen-bond acceptors (Lipinski definition) is 5. The maximum Gasteiger partial charge on any atom is 0.175 e. The number of oxime groups is 1. The molecule has 5 nitrogen and oxygen atoms in total. The van der Waals surface area contributed by atoms with Crippen molar-refractivity contribution in [1.29, 1.82) is 0 Å². The molecule has 1 heterocycles. The SMILES string of the molecule is Cc1nc(COc2cccc(Cl)c2/C(N)=N/O)sc1C. The zero-order chi connectivity index (χ0) is 14.7. The molecule has 0 unspecified atom stereocenters. The van der Waals surface area contributed by atoms with Gasteiger partial charge in [0.15, 0.2) is 5.84 Å². The van der Waals surface area contributed by atoms with Crippen LogP contribution in [0.5, 0.6) is 5.75 Å². The van der Waals surface area contributed by atoms with Gasteiger partial charge in [0.2, 0.25) is 0 Å². The minimum Gasteiger partial charge on any atom is -0.486 e. The molecular formula is C13H14ClN3O2S. The molecule has 3 N–H and O–H groups in total. The minimum absolute atomic E-state index is 0.0860. The number of halogens is 1. The molecule has 20 heavy (non-hydrogen) atoms. The van der Waals surface area contributed by atoms with E-state index in [9.17, 15) is 0 Å². The van der Waals surface area contributed by atoms with Crippen LogP contribution < -0.4 is 10.5 Å². The molecule has 0 aliphatic rings. The third kappa shape index (κ3) is 3.02. The average molecular weight is 312 g/mol. The molecule has 0 radical (unpaired) electrons. The molecule has 1 aromatic heterocycles. The number of ether oxygens (including phenoxy) is 1. The van der Waals surface area contributed by atoms with Crippen molar-refractivity contribution in [2.45, 2.75) is 20.5 Å². The van der Waals surface area contributed by atoms with Gasteiger partial charge < -0.3 is 15.7 Å². The van der Waals surface area contributed by atoms with Gasteiger partial charge in [0, 0.05) is 4.88 Å². The van der Waals surface area contributed by atoms with E-state index in [1.807, 2.05) is 13.8 Å². The van der Waals surface area contributed by atoms with Crippen LogP contribution in [0.25, 0.3) is 0 Å². The zero-order valence-electron chi connectivity index (χ0n) is 11.1. The third-order valence-corrected chi connectivity index (χ3v) is 4.12. The monoisotopic (exact) mass is 311 g/mol. The summed E-state index contributed by atoms with van der Waals surface area (Å²) in [5.74, 6) is 0.371. The van der Waals surface area contributed by atoms with E-state index in [4.69, 9.17) is 27.3 Å². The van der Waals surface area contributed by atoms with E-state index in [0.29, 0.717) is 22.9 Å². The Morgan fingerprint density at radius 1 is 1.50 bits per heavy atom. The second kappa shape index (κ2) is 6.11. The largest absolute Gasteiger partial charge is 0.486 e. The minimum atomic E-state index is -0.0860. The molecular weight excluding hydrogens is 298 g/mol. The molecule has 0 bridgehead atoms. The Labute approximate surface area is 125 Å². The first-order chi connectivity index (χ1) is 9.52. The van der Waals surface area contributed by atoms with Gasteiger partial charge >= 0.3 is 0 Å². The average Bonchev–Trinajstić information content (AvgIpc) is 2.75. The van der Waals surface area contributed by atoms with Crippen LogP contribution in [0.15, 0.2) is 23.4 Å². The number of rotatable bonds is 4. The van der Waals surface area contributed by atoms with Crippen LogP contribution in [0.2, 0.25) is 5.02 Å². The topological polar surface area (TPSA) is 80.7 Å². The number of nitrogens with two attached hydrogens (primary N) is 1. The summed E-state index contributed by atoms with van der Waals surface area (Å²) in [6, 6.07) is 5.11. The summed E-state index contributed by atoms with van der Waals surface area (Å²) >= 11 is 7.63. The summed E-state index contributed by atoms with van der Waals surface area (Å²) in [6.45, 7) is 4.28. The van der Waals surface area contributed by atoms with Crippen LogP contribution >= 0.6 is 22.9 Å². The van der Waals surface area contributed by atoms with E-state index in [2.05, 4.69) is 10.1 Å². The molecule has 106 valence electrons. The van der Waals surface area contributed by atoms with Crippen LogP contribution in [-0.2, 0) is 6.61 Å². The van der Waals surface area contributed by atoms with Crippen molar-refractivity contribution in [3.63, 3.8) is 0 Å². The summed E-state index contributed by atoms with van der Waals surface area (Å²) in [5, 5.41) is 13.0. The van der Waals surface area contributed by atoms with E-state index in [1.165, 1.54) is 0 Å². The quantitative estimate of drug-likeness (QED) is 0.393. The first-order valence-electron chi connectivity index (χ1n) is 5.85. The molecule has 0 saturated carbocycles. The number of nitrogens with zero attached hydrogens (tertiary/aromatic N) is 2. The van der Waals surface area contributed by atoms with Crippen LogP contribution in [0.4, 0.5) is 0 Å². The lowest BCUT2D eigenvalue weighted by Gasteiger charge is -2.10. The smallest absolute Gasteiger partial charge is 0.175 e. The zero-order valence-corrected chi connectivity index (χ0v) is 12.6. The lowest BCUT2D eigenvalue weighted by molar-refractivity contribution is 0.302. The fraction of sp³-hybridized carbons (Fsp3) is 0.231. The van der Waals surface area contributed by atoms with Gasteiger partial charge in [-0.1, -0.05) is 22.8 Å². The van der Waals surface area contributed by atoms with Crippen molar-refractivity contribution in [3.05, 3.63) is 44.4 Å². The molecule has 0 aliphatic heterocycles. The maximum absolute atomic E-state index is 8.80. The number of hydrogen-bond donors (Lipinski definition) is 2. The highest BCUT2D eigenvalue weighted by molar-refractivity contribution is 7.11. The van der Waals surface area contributed by atoms with Gasteiger partial charge in [0.25, 0.3) is 0 Å². The molecule has 0 fully saturated rings. The Balaban J connectivity index is 2.23. The standard InChI is InChI=1S/C13H14ClN3O2S/c1-7-8(2)20-11(16-7)6-19-10-5-3-4-9(14)12(10)13(15)17-18/h3-5,18H,6H2,1-2H3,(H2,15,17). The Morgan fingerprint density at radius 3 is 2.85 bits per heavy atom. The molecule has 0 saturated heterocycles. The number of amidine groups is 1. The highest BCUT2D eigenvalue weighted by atomic mass is 35.5. The number of aromatic nitrogens is 1. The van der Waals surface area contributed by atoms with Crippen LogP contribution in [0.1, 0.15) is 21.1 Å². The Bertz CT molecular complexity index is 636. The molecule has 2 aromatic rings. The Morgan fingerprint density at radius 2 is 2.25 bits per heavy atom. The third-order valence-electron chi connectivity index (χ3n) is 2.76. The van der Waals surface area contributed by atoms with Crippen molar-refractivity contribution < 1.29 is 9.94 Å². The van der Waals surface area contributed by atoms with E-state index < -0.39 is 0 Å². The number of aryl methyl sites for hydroxylation is 2. The van der Waals surface area contributed by atoms with Gasteiger partial charge in [-0.2, -0.15) is 0 Å². The molecule has 0 amide bonds. The lowest BCUT2D eigenvalue weighted by atomic mass is 10.2. The maximum atomic E-state index is 8.80. The van der Waals surface area contributed by atoms with Crippen molar-refractivity contribution in [2.24, 2.45) is 10.9 Å². The van der Waals surface area contributed by atoms with Gasteiger partial charge in [0.1, 0.15) is 17.4 Å². The molecule has 1 aromatic carbocycles. The number of benzene rings is 1. The fourth-order valence-electron chi connectivity index (χ4n) is 1.66. The first kappa shape index (κ1) is 14.6. The number of thiazole rings is 1. The van der Waals surface area contributed by atoms with E-state index >= 15 is 0 Å². The predicted octanol–water partition coefficient (Wildman–Crippen LogP) is 3.09. The summed E-state index contributed by atoms with van der Waals surface area (Å²) in [5.41, 5.74) is 6.99. The van der Waals surface area contributed by atoms with E-state index in [-0.39, 0.29) is 5.84 Å². The van der Waals surface area contributed by atoms with Crippen LogP contribution in [0.3, 0.4) is 0 Å².